The van der Waals surface area contributed by atoms with Crippen molar-refractivity contribution in [3.8, 4) is 0 Å². The molecule has 0 aliphatic rings. The summed E-state index contributed by atoms with van der Waals surface area (Å²) in [5, 5.41) is 15.0. The molecule has 4 heteroatoms. The third kappa shape index (κ3) is 3.30. The third-order valence-electron chi connectivity index (χ3n) is 3.58. The Morgan fingerprint density at radius 3 is 2.70 bits per heavy atom. The molecule has 20 heavy (non-hydrogen) atoms. The number of aliphatic hydroxyl groups excluding tert-OH is 1. The Hall–Kier alpha value is -1.13. The number of halogens is 1. The number of aliphatic hydroxyl groups is 1. The van der Waals surface area contributed by atoms with Crippen LogP contribution in [0.25, 0.3) is 0 Å². The predicted octanol–water partition coefficient (Wildman–Crippen LogP) is 3.81. The molecule has 1 aromatic heterocycles. The molecule has 0 fully saturated rings. The van der Waals surface area contributed by atoms with E-state index in [4.69, 9.17) is 0 Å². The summed E-state index contributed by atoms with van der Waals surface area (Å²) in [5.41, 5.74) is 4.26. The summed E-state index contributed by atoms with van der Waals surface area (Å²) < 4.78 is 2.98. The van der Waals surface area contributed by atoms with Crippen LogP contribution >= 0.6 is 15.9 Å². The van der Waals surface area contributed by atoms with E-state index in [-0.39, 0.29) is 0 Å². The van der Waals surface area contributed by atoms with Crippen LogP contribution in [0, 0.1) is 6.92 Å². The zero-order valence-electron chi connectivity index (χ0n) is 12.2. The van der Waals surface area contributed by atoms with Gasteiger partial charge in [-0.15, -0.1) is 0 Å². The molecule has 1 atom stereocenters. The van der Waals surface area contributed by atoms with E-state index in [9.17, 15) is 5.11 Å². The molecule has 0 spiro atoms. The first-order chi connectivity index (χ1) is 9.55. The molecule has 0 aliphatic heterocycles. The number of benzene rings is 1. The Balaban J connectivity index is 2.24. The summed E-state index contributed by atoms with van der Waals surface area (Å²) in [6, 6.07) is 8.11. The molecule has 1 unspecified atom stereocenters. The van der Waals surface area contributed by atoms with Crippen molar-refractivity contribution in [2.45, 2.75) is 46.3 Å². The van der Waals surface area contributed by atoms with Gasteiger partial charge in [-0.2, -0.15) is 5.10 Å². The van der Waals surface area contributed by atoms with Gasteiger partial charge in [0.25, 0.3) is 0 Å². The van der Waals surface area contributed by atoms with Crippen LogP contribution in [0.15, 0.2) is 28.7 Å². The molecule has 0 bridgehead atoms. The van der Waals surface area contributed by atoms with Crippen molar-refractivity contribution >= 4 is 15.9 Å². The molecule has 1 N–H and O–H groups in total. The Morgan fingerprint density at radius 1 is 1.30 bits per heavy atom. The molecule has 0 saturated heterocycles. The highest BCUT2D eigenvalue weighted by atomic mass is 79.9. The van der Waals surface area contributed by atoms with Crippen LogP contribution in [0.2, 0.25) is 0 Å². The number of hydrogen-bond donors (Lipinski definition) is 1. The van der Waals surface area contributed by atoms with Gasteiger partial charge in [0.1, 0.15) is 0 Å². The molecule has 2 aromatic rings. The number of aromatic nitrogens is 2. The Bertz CT molecular complexity index is 592. The highest BCUT2D eigenvalue weighted by molar-refractivity contribution is 9.10. The van der Waals surface area contributed by atoms with Crippen molar-refractivity contribution < 1.29 is 5.11 Å². The lowest BCUT2D eigenvalue weighted by atomic mass is 10.00. The maximum atomic E-state index is 10.5. The fraction of sp³-hybridized carbons (Fsp3) is 0.438. The van der Waals surface area contributed by atoms with Crippen LogP contribution < -0.4 is 0 Å². The minimum atomic E-state index is -0.501. The van der Waals surface area contributed by atoms with Gasteiger partial charge in [0.05, 0.1) is 11.8 Å². The standard InChI is InChI=1S/C16H21BrN2O/c1-4-13-9-14(19(5-2)18-13)10-16(20)15-8-12(17)7-6-11(15)3/h6-9,16,20H,4-5,10H2,1-3H3. The Morgan fingerprint density at radius 2 is 2.05 bits per heavy atom. The molecule has 1 heterocycles. The van der Waals surface area contributed by atoms with E-state index in [1.807, 2.05) is 29.8 Å². The van der Waals surface area contributed by atoms with E-state index in [1.165, 1.54) is 0 Å². The minimum Gasteiger partial charge on any atom is -0.388 e. The molecular weight excluding hydrogens is 316 g/mol. The van der Waals surface area contributed by atoms with Gasteiger partial charge >= 0.3 is 0 Å². The van der Waals surface area contributed by atoms with Crippen LogP contribution in [0.5, 0.6) is 0 Å². The van der Waals surface area contributed by atoms with Gasteiger partial charge < -0.3 is 5.11 Å². The number of nitrogens with zero attached hydrogens (tertiary/aromatic N) is 2. The van der Waals surface area contributed by atoms with Crippen LogP contribution in [0.1, 0.15) is 42.5 Å². The predicted molar refractivity (Wildman–Crippen MR) is 84.8 cm³/mol. The zero-order chi connectivity index (χ0) is 14.7. The first-order valence-electron chi connectivity index (χ1n) is 7.04. The van der Waals surface area contributed by atoms with E-state index in [0.29, 0.717) is 6.42 Å². The largest absolute Gasteiger partial charge is 0.388 e. The third-order valence-corrected chi connectivity index (χ3v) is 4.07. The van der Waals surface area contributed by atoms with E-state index >= 15 is 0 Å². The number of hydrogen-bond acceptors (Lipinski definition) is 2. The lowest BCUT2D eigenvalue weighted by Crippen LogP contribution is -2.09. The summed E-state index contributed by atoms with van der Waals surface area (Å²) in [6.07, 6.45) is 1.02. The van der Waals surface area contributed by atoms with Crippen LogP contribution in [-0.4, -0.2) is 14.9 Å². The van der Waals surface area contributed by atoms with Crippen molar-refractivity contribution in [1.29, 1.82) is 0 Å². The van der Waals surface area contributed by atoms with Gasteiger partial charge in [0.15, 0.2) is 0 Å². The topological polar surface area (TPSA) is 38.0 Å². The van der Waals surface area contributed by atoms with Crippen molar-refractivity contribution in [2.75, 3.05) is 0 Å². The molecular formula is C16H21BrN2O. The van der Waals surface area contributed by atoms with E-state index < -0.39 is 6.10 Å². The van der Waals surface area contributed by atoms with Gasteiger partial charge in [-0.3, -0.25) is 4.68 Å². The lowest BCUT2D eigenvalue weighted by Gasteiger charge is -2.15. The number of aryl methyl sites for hydroxylation is 3. The Kier molecular flexibility index (Phi) is 5.00. The molecule has 108 valence electrons. The molecule has 3 nitrogen and oxygen atoms in total. The molecule has 2 rings (SSSR count). The van der Waals surface area contributed by atoms with E-state index in [2.05, 4.69) is 40.9 Å². The normalized spacial score (nSPS) is 12.7. The van der Waals surface area contributed by atoms with Crippen molar-refractivity contribution in [3.05, 3.63) is 51.3 Å². The maximum absolute atomic E-state index is 10.5. The van der Waals surface area contributed by atoms with E-state index in [0.717, 1.165) is 40.0 Å². The minimum absolute atomic E-state index is 0.501. The van der Waals surface area contributed by atoms with Gasteiger partial charge in [-0.25, -0.2) is 0 Å². The van der Waals surface area contributed by atoms with Crippen molar-refractivity contribution in [3.63, 3.8) is 0 Å². The van der Waals surface area contributed by atoms with Crippen LogP contribution in [0.4, 0.5) is 0 Å². The highest BCUT2D eigenvalue weighted by Crippen LogP contribution is 2.25. The van der Waals surface area contributed by atoms with Gasteiger partial charge in [-0.1, -0.05) is 28.9 Å². The monoisotopic (exact) mass is 336 g/mol. The maximum Gasteiger partial charge on any atom is 0.0848 e. The Labute approximate surface area is 128 Å². The summed E-state index contributed by atoms with van der Waals surface area (Å²) in [6.45, 7) is 7.03. The average molecular weight is 337 g/mol. The summed E-state index contributed by atoms with van der Waals surface area (Å²) >= 11 is 3.46. The molecule has 0 amide bonds. The highest BCUT2D eigenvalue weighted by Gasteiger charge is 2.15. The fourth-order valence-electron chi connectivity index (χ4n) is 2.40. The zero-order valence-corrected chi connectivity index (χ0v) is 13.8. The van der Waals surface area contributed by atoms with E-state index in [1.54, 1.807) is 0 Å². The summed E-state index contributed by atoms with van der Waals surface area (Å²) in [5.74, 6) is 0. The first kappa shape index (κ1) is 15.3. The molecule has 1 aromatic carbocycles. The average Bonchev–Trinajstić information content (AvgIpc) is 2.83. The first-order valence-corrected chi connectivity index (χ1v) is 7.84. The van der Waals surface area contributed by atoms with Crippen molar-refractivity contribution in [2.24, 2.45) is 0 Å². The molecule has 0 radical (unpaired) electrons. The van der Waals surface area contributed by atoms with Gasteiger partial charge in [0.2, 0.25) is 0 Å². The smallest absolute Gasteiger partial charge is 0.0848 e. The molecule has 0 aliphatic carbocycles. The van der Waals surface area contributed by atoms with Crippen LogP contribution in [-0.2, 0) is 19.4 Å². The van der Waals surface area contributed by atoms with Crippen LogP contribution in [0.3, 0.4) is 0 Å². The lowest BCUT2D eigenvalue weighted by molar-refractivity contribution is 0.174. The number of rotatable bonds is 5. The second-order valence-corrected chi connectivity index (χ2v) is 5.93. The second-order valence-electron chi connectivity index (χ2n) is 5.02. The summed E-state index contributed by atoms with van der Waals surface area (Å²) in [7, 11) is 0. The fourth-order valence-corrected chi connectivity index (χ4v) is 2.78. The second kappa shape index (κ2) is 6.55. The van der Waals surface area contributed by atoms with Gasteiger partial charge in [-0.05, 0) is 49.6 Å². The molecule has 0 saturated carbocycles. The quantitative estimate of drug-likeness (QED) is 0.901. The van der Waals surface area contributed by atoms with Crippen molar-refractivity contribution in [1.82, 2.24) is 9.78 Å². The summed E-state index contributed by atoms with van der Waals surface area (Å²) in [4.78, 5) is 0. The van der Waals surface area contributed by atoms with Gasteiger partial charge in [0, 0.05) is 23.1 Å². The SMILES string of the molecule is CCc1cc(CC(O)c2cc(Br)ccc2C)n(CC)n1.